The minimum atomic E-state index is -0.0333. The molecular formula is C12H14N4O2. The lowest BCUT2D eigenvalue weighted by Crippen LogP contribution is -2.28. The summed E-state index contributed by atoms with van der Waals surface area (Å²) in [6.45, 7) is 1.93. The van der Waals surface area contributed by atoms with Crippen LogP contribution in [0.15, 0.2) is 16.9 Å². The maximum atomic E-state index is 12.1. The van der Waals surface area contributed by atoms with Crippen molar-refractivity contribution in [3.05, 3.63) is 29.5 Å². The van der Waals surface area contributed by atoms with E-state index in [-0.39, 0.29) is 11.8 Å². The third kappa shape index (κ3) is 2.01. The molecule has 2 aromatic rings. The van der Waals surface area contributed by atoms with Gasteiger partial charge in [0, 0.05) is 24.1 Å². The van der Waals surface area contributed by atoms with Crippen LogP contribution in [0.1, 0.15) is 23.6 Å². The van der Waals surface area contributed by atoms with Crippen molar-refractivity contribution in [2.45, 2.75) is 26.2 Å². The molecule has 0 unspecified atom stereocenters. The lowest BCUT2D eigenvalue weighted by atomic mass is 9.89. The van der Waals surface area contributed by atoms with Gasteiger partial charge in [-0.25, -0.2) is 4.98 Å². The van der Waals surface area contributed by atoms with Crippen molar-refractivity contribution in [3.63, 3.8) is 0 Å². The molecule has 2 heterocycles. The molecule has 1 atom stereocenters. The van der Waals surface area contributed by atoms with Gasteiger partial charge in [-0.2, -0.15) is 0 Å². The van der Waals surface area contributed by atoms with E-state index in [0.29, 0.717) is 12.2 Å². The second-order valence-corrected chi connectivity index (χ2v) is 4.56. The van der Waals surface area contributed by atoms with Gasteiger partial charge in [-0.3, -0.25) is 4.79 Å². The third-order valence-electron chi connectivity index (χ3n) is 3.22. The molecule has 0 radical (unpaired) electrons. The Morgan fingerprint density at radius 2 is 2.50 bits per heavy atom. The molecule has 2 N–H and O–H groups in total. The summed E-state index contributed by atoms with van der Waals surface area (Å²) in [4.78, 5) is 19.7. The summed E-state index contributed by atoms with van der Waals surface area (Å²) >= 11 is 0. The average molecular weight is 246 g/mol. The Labute approximate surface area is 104 Å². The molecule has 0 fully saturated rings. The number of aromatic nitrogens is 3. The molecule has 6 heteroatoms. The van der Waals surface area contributed by atoms with Crippen LogP contribution in [0.5, 0.6) is 0 Å². The molecule has 6 nitrogen and oxygen atoms in total. The quantitative estimate of drug-likeness (QED) is 0.840. The number of aryl methyl sites for hydroxylation is 2. The topological polar surface area (TPSA) is 83.8 Å². The largest absolute Gasteiger partial charge is 0.363 e. The van der Waals surface area contributed by atoms with E-state index < -0.39 is 0 Å². The fourth-order valence-electron chi connectivity index (χ4n) is 2.35. The van der Waals surface area contributed by atoms with Crippen LogP contribution in [0.3, 0.4) is 0 Å². The summed E-state index contributed by atoms with van der Waals surface area (Å²) in [5.74, 6) is 1.33. The Bertz CT molecular complexity index is 559. The van der Waals surface area contributed by atoms with E-state index in [0.717, 1.165) is 30.1 Å². The molecule has 94 valence electrons. The van der Waals surface area contributed by atoms with Gasteiger partial charge in [0.15, 0.2) is 5.82 Å². The van der Waals surface area contributed by atoms with Crippen LogP contribution >= 0.6 is 0 Å². The van der Waals surface area contributed by atoms with Crippen LogP contribution in [-0.4, -0.2) is 21.0 Å². The molecule has 1 aliphatic rings. The van der Waals surface area contributed by atoms with Gasteiger partial charge < -0.3 is 14.8 Å². The van der Waals surface area contributed by atoms with E-state index in [1.54, 1.807) is 6.07 Å². The first-order valence-electron chi connectivity index (χ1n) is 5.98. The van der Waals surface area contributed by atoms with Crippen LogP contribution in [0, 0.1) is 12.8 Å². The van der Waals surface area contributed by atoms with Crippen molar-refractivity contribution in [2.75, 3.05) is 5.32 Å². The summed E-state index contributed by atoms with van der Waals surface area (Å²) in [6.07, 6.45) is 3.81. The van der Waals surface area contributed by atoms with Gasteiger partial charge in [-0.05, 0) is 19.8 Å². The number of carbonyl (C=O) groups is 1. The summed E-state index contributed by atoms with van der Waals surface area (Å²) in [7, 11) is 0. The van der Waals surface area contributed by atoms with Crippen molar-refractivity contribution in [3.8, 4) is 0 Å². The minimum Gasteiger partial charge on any atom is -0.363 e. The number of nitrogens with zero attached hydrogens (tertiary/aromatic N) is 2. The highest BCUT2D eigenvalue weighted by Gasteiger charge is 2.27. The fraction of sp³-hybridized carbons (Fsp3) is 0.417. The monoisotopic (exact) mass is 246 g/mol. The molecule has 0 aliphatic heterocycles. The van der Waals surface area contributed by atoms with Crippen LogP contribution in [0.25, 0.3) is 0 Å². The third-order valence-corrected chi connectivity index (χ3v) is 3.22. The van der Waals surface area contributed by atoms with E-state index in [2.05, 4.69) is 25.0 Å². The molecule has 1 aliphatic carbocycles. The maximum Gasteiger partial charge on any atom is 0.229 e. The number of anilines is 1. The van der Waals surface area contributed by atoms with Gasteiger partial charge in [-0.1, -0.05) is 5.16 Å². The normalized spacial score (nSPS) is 18.4. The van der Waals surface area contributed by atoms with Gasteiger partial charge in [-0.15, -0.1) is 0 Å². The van der Waals surface area contributed by atoms with Gasteiger partial charge >= 0.3 is 0 Å². The molecule has 0 aromatic carbocycles. The Morgan fingerprint density at radius 3 is 3.28 bits per heavy atom. The number of imidazole rings is 1. The van der Waals surface area contributed by atoms with E-state index in [1.807, 2.05) is 6.92 Å². The number of amides is 1. The molecule has 0 spiro atoms. The molecule has 1 amide bonds. The maximum absolute atomic E-state index is 12.1. The lowest BCUT2D eigenvalue weighted by molar-refractivity contribution is -0.120. The number of hydrogen-bond acceptors (Lipinski definition) is 4. The van der Waals surface area contributed by atoms with Crippen molar-refractivity contribution in [1.82, 2.24) is 15.1 Å². The molecule has 18 heavy (non-hydrogen) atoms. The van der Waals surface area contributed by atoms with E-state index >= 15 is 0 Å². The fourth-order valence-corrected chi connectivity index (χ4v) is 2.35. The number of aromatic amines is 1. The lowest BCUT2D eigenvalue weighted by Gasteiger charge is -2.19. The molecule has 3 rings (SSSR count). The summed E-state index contributed by atoms with van der Waals surface area (Å²) < 4.78 is 4.68. The smallest absolute Gasteiger partial charge is 0.229 e. The highest BCUT2D eigenvalue weighted by atomic mass is 16.5. The van der Waals surface area contributed by atoms with E-state index in [4.69, 9.17) is 0 Å². The first-order chi connectivity index (χ1) is 8.72. The van der Waals surface area contributed by atoms with Crippen LogP contribution in [0.2, 0.25) is 0 Å². The second kappa shape index (κ2) is 4.29. The number of fused-ring (bicyclic) bond motifs is 1. The highest BCUT2D eigenvalue weighted by Crippen LogP contribution is 2.24. The van der Waals surface area contributed by atoms with Gasteiger partial charge in [0.25, 0.3) is 0 Å². The number of rotatable bonds is 2. The average Bonchev–Trinajstić information content (AvgIpc) is 2.95. The Morgan fingerprint density at radius 1 is 1.61 bits per heavy atom. The number of carbonyl (C=O) groups excluding carboxylic acids is 1. The van der Waals surface area contributed by atoms with Gasteiger partial charge in [0.2, 0.25) is 5.91 Å². The predicted molar refractivity (Wildman–Crippen MR) is 64.0 cm³/mol. The van der Waals surface area contributed by atoms with Crippen LogP contribution in [-0.2, 0) is 17.6 Å². The van der Waals surface area contributed by atoms with Crippen molar-refractivity contribution < 1.29 is 9.32 Å². The first-order valence-corrected chi connectivity index (χ1v) is 5.98. The van der Waals surface area contributed by atoms with E-state index in [1.165, 1.54) is 6.26 Å². The Balaban J connectivity index is 1.70. The summed E-state index contributed by atoms with van der Waals surface area (Å²) in [6, 6.07) is 1.63. The molecule has 0 bridgehead atoms. The Kier molecular flexibility index (Phi) is 2.62. The first kappa shape index (κ1) is 11.0. The minimum absolute atomic E-state index is 0.0122. The molecule has 2 aromatic heterocycles. The summed E-state index contributed by atoms with van der Waals surface area (Å²) in [5.41, 5.74) is 2.18. The zero-order valence-electron chi connectivity index (χ0n) is 10.1. The Hall–Kier alpha value is -2.11. The number of hydrogen-bond donors (Lipinski definition) is 2. The zero-order valence-corrected chi connectivity index (χ0v) is 10.1. The standard InChI is InChI=1S/C12H14N4O2/c1-7-13-9-3-2-8(6-10(9)14-7)12(17)15-11-4-5-18-16-11/h4-5,8H,2-3,6H2,1H3,(H,13,14)(H,15,16,17)/t8-/m1/s1. The van der Waals surface area contributed by atoms with Crippen molar-refractivity contribution in [1.29, 1.82) is 0 Å². The van der Waals surface area contributed by atoms with Gasteiger partial charge in [0.05, 0.1) is 5.69 Å². The predicted octanol–water partition coefficient (Wildman–Crippen LogP) is 1.45. The zero-order chi connectivity index (χ0) is 12.5. The SMILES string of the molecule is Cc1nc2c([nH]1)C[C@H](C(=O)Nc1ccon1)CC2. The van der Waals surface area contributed by atoms with Crippen LogP contribution < -0.4 is 5.32 Å². The van der Waals surface area contributed by atoms with Gasteiger partial charge in [0.1, 0.15) is 12.1 Å². The second-order valence-electron chi connectivity index (χ2n) is 4.56. The van der Waals surface area contributed by atoms with E-state index in [9.17, 15) is 4.79 Å². The van der Waals surface area contributed by atoms with Crippen LogP contribution in [0.4, 0.5) is 5.82 Å². The highest BCUT2D eigenvalue weighted by molar-refractivity contribution is 5.91. The molecule has 0 saturated heterocycles. The number of nitrogens with one attached hydrogen (secondary N) is 2. The molecule has 0 saturated carbocycles. The summed E-state index contributed by atoms with van der Waals surface area (Å²) in [5, 5.41) is 6.42. The van der Waals surface area contributed by atoms with Crippen molar-refractivity contribution in [2.24, 2.45) is 5.92 Å². The van der Waals surface area contributed by atoms with Crippen molar-refractivity contribution >= 4 is 11.7 Å². The number of H-pyrrole nitrogens is 1. The molecular weight excluding hydrogens is 232 g/mol.